The number of aliphatic hydroxyl groups excluding tert-OH is 5. The molecule has 5 atom stereocenters. The van der Waals surface area contributed by atoms with Crippen LogP contribution in [-0.4, -0.2) is 62.5 Å². The van der Waals surface area contributed by atoms with Crippen molar-refractivity contribution in [3.63, 3.8) is 0 Å². The average Bonchev–Trinajstić information content (AvgIpc) is 2.25. The van der Waals surface area contributed by atoms with Crippen molar-refractivity contribution in [1.29, 1.82) is 0 Å². The summed E-state index contributed by atoms with van der Waals surface area (Å²) in [6.07, 6.45) is -9.97. The monoisotopic (exact) mass is 221 g/mol. The van der Waals surface area contributed by atoms with Crippen LogP contribution in [0.15, 0.2) is 5.11 Å². The lowest BCUT2D eigenvalue weighted by atomic mass is 10.0. The van der Waals surface area contributed by atoms with Gasteiger partial charge in [-0.15, -0.1) is 0 Å². The Bertz CT molecular complexity index is 255. The summed E-state index contributed by atoms with van der Waals surface area (Å²) in [6, 6.07) is 0. The third-order valence-electron chi connectivity index (χ3n) is 1.66. The molecule has 0 heterocycles. The number of hydrogen-bond acceptors (Lipinski definition) is 7. The topological polar surface area (TPSA) is 167 Å². The lowest BCUT2D eigenvalue weighted by Crippen LogP contribution is -2.48. The van der Waals surface area contributed by atoms with Gasteiger partial charge in [-0.2, -0.15) is 0 Å². The molecular weight excluding hydrogens is 210 g/mol. The molecule has 0 aromatic heterocycles. The number of carbonyl (C=O) groups excluding carboxylic acids is 1. The second-order valence-corrected chi connectivity index (χ2v) is 2.72. The summed E-state index contributed by atoms with van der Waals surface area (Å²) in [4.78, 5) is 12.2. The Labute approximate surface area is 83.8 Å². The predicted octanol–water partition coefficient (Wildman–Crippen LogP) is -2.74. The SMILES string of the molecule is [N-]=[N+]=NC(O)[C@@H](O)[C@@H](O)[C@H](O)[C@@H](O)C=O. The van der Waals surface area contributed by atoms with Gasteiger partial charge in [-0.3, -0.25) is 0 Å². The Hall–Kier alpha value is -1.22. The van der Waals surface area contributed by atoms with Crippen molar-refractivity contribution >= 4 is 6.29 Å². The van der Waals surface area contributed by atoms with Crippen molar-refractivity contribution in [2.24, 2.45) is 5.11 Å². The highest BCUT2D eigenvalue weighted by atomic mass is 16.4. The van der Waals surface area contributed by atoms with Crippen LogP contribution in [0.5, 0.6) is 0 Å². The summed E-state index contributed by atoms with van der Waals surface area (Å²) in [6.45, 7) is 0. The van der Waals surface area contributed by atoms with E-state index in [9.17, 15) is 4.79 Å². The van der Waals surface area contributed by atoms with Gasteiger partial charge in [0.25, 0.3) is 0 Å². The lowest BCUT2D eigenvalue weighted by molar-refractivity contribution is -0.143. The van der Waals surface area contributed by atoms with Gasteiger partial charge < -0.3 is 30.3 Å². The van der Waals surface area contributed by atoms with Crippen molar-refractivity contribution in [1.82, 2.24) is 0 Å². The van der Waals surface area contributed by atoms with E-state index in [1.54, 1.807) is 0 Å². The first-order chi connectivity index (χ1) is 6.95. The van der Waals surface area contributed by atoms with Crippen LogP contribution < -0.4 is 0 Å². The molecule has 0 aliphatic rings. The van der Waals surface area contributed by atoms with Crippen molar-refractivity contribution in [3.05, 3.63) is 10.4 Å². The van der Waals surface area contributed by atoms with Gasteiger partial charge >= 0.3 is 0 Å². The fraction of sp³-hybridized carbons (Fsp3) is 0.833. The Balaban J connectivity index is 4.48. The van der Waals surface area contributed by atoms with E-state index in [4.69, 9.17) is 31.1 Å². The zero-order valence-electron chi connectivity index (χ0n) is 7.45. The molecule has 0 radical (unpaired) electrons. The molecule has 9 heteroatoms. The molecule has 0 saturated heterocycles. The van der Waals surface area contributed by atoms with Crippen LogP contribution in [0.3, 0.4) is 0 Å². The lowest BCUT2D eigenvalue weighted by Gasteiger charge is -2.25. The summed E-state index contributed by atoms with van der Waals surface area (Å²) in [7, 11) is 0. The molecule has 9 nitrogen and oxygen atoms in total. The van der Waals surface area contributed by atoms with Crippen LogP contribution >= 0.6 is 0 Å². The maximum atomic E-state index is 10.0. The smallest absolute Gasteiger partial charge is 0.161 e. The summed E-state index contributed by atoms with van der Waals surface area (Å²) in [5, 5.41) is 47.6. The standard InChI is InChI=1S/C6H11N3O6/c7-9-8-6(15)5(14)4(13)3(12)2(11)1-10/h1-6,11-15H/t2-,3+,4-,5-,6?/m0/s1. The molecule has 15 heavy (non-hydrogen) atoms. The molecule has 0 aliphatic heterocycles. The molecule has 0 rings (SSSR count). The van der Waals surface area contributed by atoms with Gasteiger partial charge in [0.15, 0.2) is 12.5 Å². The minimum Gasteiger partial charge on any atom is -0.387 e. The van der Waals surface area contributed by atoms with Crippen molar-refractivity contribution in [2.75, 3.05) is 0 Å². The predicted molar refractivity (Wildman–Crippen MR) is 45.2 cm³/mol. The van der Waals surface area contributed by atoms with Gasteiger partial charge in [0.1, 0.15) is 24.4 Å². The molecule has 0 aromatic rings. The fourth-order valence-electron chi connectivity index (χ4n) is 0.782. The molecule has 1 unspecified atom stereocenters. The molecular formula is C6H11N3O6. The van der Waals surface area contributed by atoms with E-state index in [0.717, 1.165) is 0 Å². The minimum atomic E-state index is -2.02. The summed E-state index contributed by atoms with van der Waals surface area (Å²) < 4.78 is 0. The van der Waals surface area contributed by atoms with E-state index in [0.29, 0.717) is 0 Å². The Kier molecular flexibility index (Phi) is 5.79. The van der Waals surface area contributed by atoms with Gasteiger partial charge in [-0.25, -0.2) is 0 Å². The first-order valence-corrected chi connectivity index (χ1v) is 3.85. The maximum absolute atomic E-state index is 10.0. The zero-order valence-corrected chi connectivity index (χ0v) is 7.45. The van der Waals surface area contributed by atoms with Gasteiger partial charge in [0, 0.05) is 4.91 Å². The highest BCUT2D eigenvalue weighted by molar-refractivity contribution is 5.56. The van der Waals surface area contributed by atoms with Crippen molar-refractivity contribution in [2.45, 2.75) is 30.6 Å². The van der Waals surface area contributed by atoms with Crippen LogP contribution in [-0.2, 0) is 4.79 Å². The summed E-state index contributed by atoms with van der Waals surface area (Å²) in [5.41, 5.74) is 7.90. The molecule has 0 aromatic carbocycles. The molecule has 0 amide bonds. The number of rotatable bonds is 6. The molecule has 0 fully saturated rings. The maximum Gasteiger partial charge on any atom is 0.161 e. The Morgan fingerprint density at radius 2 is 1.60 bits per heavy atom. The van der Waals surface area contributed by atoms with E-state index in [1.807, 2.05) is 0 Å². The fourth-order valence-corrected chi connectivity index (χ4v) is 0.782. The van der Waals surface area contributed by atoms with Gasteiger partial charge in [0.2, 0.25) is 0 Å². The summed E-state index contributed by atoms with van der Waals surface area (Å²) >= 11 is 0. The third kappa shape index (κ3) is 3.80. The van der Waals surface area contributed by atoms with E-state index < -0.39 is 30.6 Å². The quantitative estimate of drug-likeness (QED) is 0.141. The van der Waals surface area contributed by atoms with E-state index in [2.05, 4.69) is 10.0 Å². The molecule has 0 aliphatic carbocycles. The number of azide groups is 1. The van der Waals surface area contributed by atoms with E-state index in [-0.39, 0.29) is 6.29 Å². The van der Waals surface area contributed by atoms with Crippen LogP contribution in [0, 0.1) is 0 Å². The highest BCUT2D eigenvalue weighted by Crippen LogP contribution is 2.08. The normalized spacial score (nSPS) is 20.6. The highest BCUT2D eigenvalue weighted by Gasteiger charge is 2.33. The first kappa shape index (κ1) is 13.8. The van der Waals surface area contributed by atoms with Crippen molar-refractivity contribution < 1.29 is 30.3 Å². The zero-order chi connectivity index (χ0) is 12.0. The summed E-state index contributed by atoms with van der Waals surface area (Å²) in [5.74, 6) is 0. The largest absolute Gasteiger partial charge is 0.387 e. The average molecular weight is 221 g/mol. The van der Waals surface area contributed by atoms with Crippen LogP contribution in [0.4, 0.5) is 0 Å². The minimum absolute atomic E-state index is 0.0550. The Morgan fingerprint density at radius 3 is 2.00 bits per heavy atom. The second-order valence-electron chi connectivity index (χ2n) is 2.72. The van der Waals surface area contributed by atoms with E-state index >= 15 is 0 Å². The van der Waals surface area contributed by atoms with Gasteiger partial charge in [-0.1, -0.05) is 5.11 Å². The molecule has 0 spiro atoms. The molecule has 0 saturated carbocycles. The van der Waals surface area contributed by atoms with Crippen LogP contribution in [0.25, 0.3) is 10.4 Å². The molecule has 86 valence electrons. The Morgan fingerprint density at radius 1 is 1.07 bits per heavy atom. The number of aliphatic hydroxyl groups is 5. The molecule has 5 N–H and O–H groups in total. The van der Waals surface area contributed by atoms with Gasteiger partial charge in [-0.05, 0) is 5.53 Å². The number of nitrogens with zero attached hydrogens (tertiary/aromatic N) is 3. The second kappa shape index (κ2) is 6.30. The number of carbonyl (C=O) groups is 1. The number of hydrogen-bond donors (Lipinski definition) is 5. The van der Waals surface area contributed by atoms with Crippen LogP contribution in [0.1, 0.15) is 0 Å². The van der Waals surface area contributed by atoms with Crippen LogP contribution in [0.2, 0.25) is 0 Å². The van der Waals surface area contributed by atoms with Gasteiger partial charge in [0.05, 0.1) is 0 Å². The third-order valence-corrected chi connectivity index (χ3v) is 1.66. The van der Waals surface area contributed by atoms with E-state index in [1.165, 1.54) is 0 Å². The van der Waals surface area contributed by atoms with Crippen molar-refractivity contribution in [3.8, 4) is 0 Å². The number of aldehydes is 1. The molecule has 0 bridgehead atoms. The first-order valence-electron chi connectivity index (χ1n) is 3.85.